The molecule has 2 saturated heterocycles. The highest BCUT2D eigenvalue weighted by Gasteiger charge is 2.36. The van der Waals surface area contributed by atoms with Crippen molar-refractivity contribution in [2.45, 2.75) is 56.4 Å². The molecule has 0 saturated carbocycles. The molecule has 1 atom stereocenters. The minimum Gasteiger partial charge on any atom is -0.354 e. The molecule has 2 fully saturated rings. The molecule has 0 radical (unpaired) electrons. The van der Waals surface area contributed by atoms with Gasteiger partial charge in [0.1, 0.15) is 10.7 Å². The average molecular weight is 590 g/mol. The molecule has 4 aromatic rings. The number of nitrogens with zero attached hydrogens (tertiary/aromatic N) is 5. The highest BCUT2D eigenvalue weighted by Crippen LogP contribution is 2.32. The van der Waals surface area contributed by atoms with Crippen LogP contribution >= 0.6 is 11.3 Å². The van der Waals surface area contributed by atoms with Crippen LogP contribution in [-0.2, 0) is 16.4 Å². The van der Waals surface area contributed by atoms with Crippen molar-refractivity contribution in [3.05, 3.63) is 71.3 Å². The molecule has 7 nitrogen and oxygen atoms in total. The lowest BCUT2D eigenvalue weighted by molar-refractivity contribution is 0.231. The molecule has 0 unspecified atom stereocenters. The zero-order chi connectivity index (χ0) is 28.2. The van der Waals surface area contributed by atoms with E-state index in [0.717, 1.165) is 87.8 Å². The number of hydrogen-bond acceptors (Lipinski definition) is 7. The minimum atomic E-state index is -3.61. The van der Waals surface area contributed by atoms with Crippen LogP contribution in [0.3, 0.4) is 0 Å². The minimum absolute atomic E-state index is 0.0297. The van der Waals surface area contributed by atoms with E-state index in [1.165, 1.54) is 23.0 Å². The van der Waals surface area contributed by atoms with E-state index in [-0.39, 0.29) is 6.04 Å². The molecule has 216 valence electrons. The highest BCUT2D eigenvalue weighted by atomic mass is 32.2. The van der Waals surface area contributed by atoms with Gasteiger partial charge in [-0.1, -0.05) is 37.6 Å². The first-order valence-electron chi connectivity index (χ1n) is 14.9. The Morgan fingerprint density at radius 1 is 1.00 bits per heavy atom. The van der Waals surface area contributed by atoms with Crippen molar-refractivity contribution in [2.24, 2.45) is 0 Å². The van der Waals surface area contributed by atoms with Gasteiger partial charge in [-0.05, 0) is 78.7 Å². The van der Waals surface area contributed by atoms with Gasteiger partial charge in [0.25, 0.3) is 0 Å². The predicted molar refractivity (Wildman–Crippen MR) is 168 cm³/mol. The molecule has 2 aliphatic rings. The maximum absolute atomic E-state index is 13.8. The Morgan fingerprint density at radius 3 is 2.66 bits per heavy atom. The van der Waals surface area contributed by atoms with E-state index in [9.17, 15) is 8.42 Å². The Labute approximate surface area is 247 Å². The summed E-state index contributed by atoms with van der Waals surface area (Å²) in [4.78, 5) is 14.5. The molecule has 0 N–H and O–H groups in total. The average Bonchev–Trinajstić information content (AvgIpc) is 3.72. The third kappa shape index (κ3) is 6.18. The number of pyridine rings is 2. The zero-order valence-corrected chi connectivity index (χ0v) is 25.4. The van der Waals surface area contributed by atoms with Gasteiger partial charge in [-0.2, -0.15) is 15.6 Å². The standard InChI is InChI=1S/C32H39N5O2S2/c1-2-3-8-28-20-27(26-12-19-40-24-26)21-32(34-28)36-17-15-35(16-18-36)14-11-29-9-6-13-37(29)41(38,39)31-23-33-22-25-7-4-5-10-30(25)31/h4-5,7,10,12,19-24,29H,2-3,6,8-9,11,13-18H2,1H3/t29-/m0/s1. The summed E-state index contributed by atoms with van der Waals surface area (Å²) in [5, 5.41) is 5.95. The van der Waals surface area contributed by atoms with Crippen LogP contribution in [0.4, 0.5) is 5.82 Å². The van der Waals surface area contributed by atoms with E-state index in [1.807, 2.05) is 24.3 Å². The summed E-state index contributed by atoms with van der Waals surface area (Å²) < 4.78 is 29.3. The molecule has 1 aromatic carbocycles. The number of anilines is 1. The fraction of sp³-hybridized carbons (Fsp3) is 0.438. The first kappa shape index (κ1) is 28.3. The fourth-order valence-corrected chi connectivity index (χ4v) is 8.73. The van der Waals surface area contributed by atoms with Gasteiger partial charge in [-0.3, -0.25) is 9.88 Å². The van der Waals surface area contributed by atoms with Gasteiger partial charge in [0.2, 0.25) is 10.0 Å². The molecular formula is C32H39N5O2S2. The summed E-state index contributed by atoms with van der Waals surface area (Å²) in [5.41, 5.74) is 3.70. The summed E-state index contributed by atoms with van der Waals surface area (Å²) in [7, 11) is -3.61. The van der Waals surface area contributed by atoms with Crippen LogP contribution in [0.5, 0.6) is 0 Å². The van der Waals surface area contributed by atoms with Gasteiger partial charge >= 0.3 is 0 Å². The number of unbranched alkanes of at least 4 members (excludes halogenated alkanes) is 1. The topological polar surface area (TPSA) is 69.6 Å². The maximum Gasteiger partial charge on any atom is 0.245 e. The summed E-state index contributed by atoms with van der Waals surface area (Å²) in [6, 6.07) is 14.3. The highest BCUT2D eigenvalue weighted by molar-refractivity contribution is 7.89. The Morgan fingerprint density at radius 2 is 1.85 bits per heavy atom. The number of thiophene rings is 1. The molecule has 5 heterocycles. The number of piperazine rings is 1. The van der Waals surface area contributed by atoms with E-state index in [1.54, 1.807) is 21.8 Å². The second kappa shape index (κ2) is 12.6. The lowest BCUT2D eigenvalue weighted by Gasteiger charge is -2.36. The predicted octanol–water partition coefficient (Wildman–Crippen LogP) is 6.07. The van der Waals surface area contributed by atoms with Crippen LogP contribution < -0.4 is 4.90 Å². The molecular weight excluding hydrogens is 551 g/mol. The second-order valence-electron chi connectivity index (χ2n) is 11.2. The molecule has 0 aliphatic carbocycles. The van der Waals surface area contributed by atoms with Crippen molar-refractivity contribution in [3.8, 4) is 11.1 Å². The lowest BCUT2D eigenvalue weighted by Crippen LogP contribution is -2.48. The third-order valence-electron chi connectivity index (χ3n) is 8.52. The van der Waals surface area contributed by atoms with Crippen molar-refractivity contribution in [3.63, 3.8) is 0 Å². The fourth-order valence-electron chi connectivity index (χ4n) is 6.18. The monoisotopic (exact) mass is 589 g/mol. The van der Waals surface area contributed by atoms with Crippen LogP contribution in [0.15, 0.2) is 70.5 Å². The number of aryl methyl sites for hydroxylation is 1. The molecule has 3 aromatic heterocycles. The molecule has 9 heteroatoms. The number of benzene rings is 1. The molecule has 0 bridgehead atoms. The van der Waals surface area contributed by atoms with Crippen molar-refractivity contribution >= 4 is 38.0 Å². The lowest BCUT2D eigenvalue weighted by atomic mass is 10.1. The summed E-state index contributed by atoms with van der Waals surface area (Å²) >= 11 is 1.73. The van der Waals surface area contributed by atoms with Crippen LogP contribution in [0, 0.1) is 0 Å². The molecule has 2 aliphatic heterocycles. The zero-order valence-electron chi connectivity index (χ0n) is 23.8. The number of rotatable bonds is 10. The number of fused-ring (bicyclic) bond motifs is 1. The number of aromatic nitrogens is 2. The largest absolute Gasteiger partial charge is 0.354 e. The Bertz CT molecular complexity index is 1560. The van der Waals surface area contributed by atoms with Crippen molar-refractivity contribution < 1.29 is 8.42 Å². The summed E-state index contributed by atoms with van der Waals surface area (Å²) in [5.74, 6) is 1.08. The Hall–Kier alpha value is -2.85. The van der Waals surface area contributed by atoms with Crippen LogP contribution in [0.2, 0.25) is 0 Å². The SMILES string of the molecule is CCCCc1cc(-c2ccsc2)cc(N2CCN(CC[C@@H]3CCCN3S(=O)(=O)c3cncc4ccccc34)CC2)n1. The molecule has 0 amide bonds. The smallest absolute Gasteiger partial charge is 0.245 e. The first-order valence-corrected chi connectivity index (χ1v) is 17.3. The van der Waals surface area contributed by atoms with Crippen molar-refractivity contribution in [1.82, 2.24) is 19.2 Å². The van der Waals surface area contributed by atoms with Crippen LogP contribution in [0.1, 0.15) is 44.7 Å². The van der Waals surface area contributed by atoms with Gasteiger partial charge in [0.15, 0.2) is 0 Å². The Kier molecular flexibility index (Phi) is 8.67. The van der Waals surface area contributed by atoms with Gasteiger partial charge < -0.3 is 4.90 Å². The van der Waals surface area contributed by atoms with Gasteiger partial charge in [0.05, 0.1) is 0 Å². The van der Waals surface area contributed by atoms with Gasteiger partial charge in [0, 0.05) is 67.6 Å². The van der Waals surface area contributed by atoms with Gasteiger partial charge in [-0.25, -0.2) is 13.4 Å². The summed E-state index contributed by atoms with van der Waals surface area (Å²) in [6.07, 6.45) is 9.24. The van der Waals surface area contributed by atoms with Crippen LogP contribution in [-0.4, -0.2) is 72.9 Å². The first-order chi connectivity index (χ1) is 20.0. The second-order valence-corrected chi connectivity index (χ2v) is 13.8. The number of hydrogen-bond donors (Lipinski definition) is 0. The quantitative estimate of drug-likeness (QED) is 0.224. The summed E-state index contributed by atoms with van der Waals surface area (Å²) in [6.45, 7) is 7.49. The third-order valence-corrected chi connectivity index (χ3v) is 11.2. The molecule has 0 spiro atoms. The van der Waals surface area contributed by atoms with Crippen LogP contribution in [0.25, 0.3) is 21.9 Å². The maximum atomic E-state index is 13.8. The van der Waals surface area contributed by atoms with E-state index in [4.69, 9.17) is 4.98 Å². The van der Waals surface area contributed by atoms with E-state index in [0.29, 0.717) is 11.4 Å². The normalized spacial score (nSPS) is 18.9. The van der Waals surface area contributed by atoms with E-state index in [2.05, 4.69) is 50.7 Å². The van der Waals surface area contributed by atoms with Crippen molar-refractivity contribution in [1.29, 1.82) is 0 Å². The van der Waals surface area contributed by atoms with E-state index < -0.39 is 10.0 Å². The number of sulfonamides is 1. The Balaban J connectivity index is 1.09. The van der Waals surface area contributed by atoms with Gasteiger partial charge in [-0.15, -0.1) is 0 Å². The molecule has 6 rings (SSSR count). The van der Waals surface area contributed by atoms with E-state index >= 15 is 0 Å². The molecule has 41 heavy (non-hydrogen) atoms. The van der Waals surface area contributed by atoms with Crippen molar-refractivity contribution in [2.75, 3.05) is 44.2 Å².